The molecule has 108 valence electrons. The molecule has 0 saturated heterocycles. The van der Waals surface area contributed by atoms with Gasteiger partial charge in [0.05, 0.1) is 19.3 Å². The maximum Gasteiger partial charge on any atom is 0.235 e. The van der Waals surface area contributed by atoms with E-state index in [2.05, 4.69) is 17.1 Å². The van der Waals surface area contributed by atoms with Gasteiger partial charge in [-0.1, -0.05) is 6.92 Å². The first kappa shape index (κ1) is 17.3. The third kappa shape index (κ3) is 6.90. The molecule has 1 amide bonds. The molecule has 0 aromatic carbocycles. The van der Waals surface area contributed by atoms with Crippen LogP contribution in [0.1, 0.15) is 13.8 Å². The number of carbonyl (C=O) groups excluding carboxylic acids is 1. The van der Waals surface area contributed by atoms with Gasteiger partial charge >= 0.3 is 0 Å². The maximum atomic E-state index is 11.3. The Hall–Kier alpha value is -0.690. The molecule has 0 rings (SSSR count). The van der Waals surface area contributed by atoms with Gasteiger partial charge in [0.25, 0.3) is 0 Å². The number of amides is 1. The first-order valence-corrected chi connectivity index (χ1v) is 6.31. The number of primary amides is 1. The van der Waals surface area contributed by atoms with E-state index in [0.717, 1.165) is 6.54 Å². The van der Waals surface area contributed by atoms with E-state index < -0.39 is 0 Å². The lowest BCUT2D eigenvalue weighted by molar-refractivity contribution is -0.120. The molecule has 2 atom stereocenters. The van der Waals surface area contributed by atoms with Crippen LogP contribution in [0.2, 0.25) is 0 Å². The molecule has 0 radical (unpaired) electrons. The van der Waals surface area contributed by atoms with Gasteiger partial charge in [-0.3, -0.25) is 9.69 Å². The van der Waals surface area contributed by atoms with Gasteiger partial charge in [-0.25, -0.2) is 0 Å². The Morgan fingerprint density at radius 3 is 2.50 bits per heavy atom. The van der Waals surface area contributed by atoms with E-state index >= 15 is 0 Å². The quantitative estimate of drug-likeness (QED) is 0.521. The fourth-order valence-electron chi connectivity index (χ4n) is 1.78. The normalized spacial score (nSPS) is 14.7. The van der Waals surface area contributed by atoms with E-state index in [0.29, 0.717) is 26.3 Å². The summed E-state index contributed by atoms with van der Waals surface area (Å²) in [7, 11) is 3.33. The van der Waals surface area contributed by atoms with E-state index in [1.54, 1.807) is 14.2 Å². The number of rotatable bonds is 11. The van der Waals surface area contributed by atoms with Crippen molar-refractivity contribution in [3.05, 3.63) is 0 Å². The van der Waals surface area contributed by atoms with Crippen molar-refractivity contribution in [2.45, 2.75) is 25.9 Å². The highest BCUT2D eigenvalue weighted by Gasteiger charge is 2.21. The largest absolute Gasteiger partial charge is 0.383 e. The van der Waals surface area contributed by atoms with Crippen LogP contribution in [0.4, 0.5) is 0 Å². The van der Waals surface area contributed by atoms with Crippen LogP contribution < -0.4 is 11.1 Å². The van der Waals surface area contributed by atoms with E-state index in [4.69, 9.17) is 15.2 Å². The van der Waals surface area contributed by atoms with Crippen LogP contribution in [0.15, 0.2) is 0 Å². The summed E-state index contributed by atoms with van der Waals surface area (Å²) in [6.07, 6.45) is 0. The second-order valence-electron chi connectivity index (χ2n) is 4.30. The third-order valence-corrected chi connectivity index (χ3v) is 2.82. The zero-order valence-electron chi connectivity index (χ0n) is 11.9. The zero-order chi connectivity index (χ0) is 14.0. The van der Waals surface area contributed by atoms with Gasteiger partial charge < -0.3 is 20.5 Å². The Labute approximate surface area is 110 Å². The summed E-state index contributed by atoms with van der Waals surface area (Å²) in [5.41, 5.74) is 5.38. The molecule has 0 aromatic heterocycles. The van der Waals surface area contributed by atoms with Crippen molar-refractivity contribution in [3.63, 3.8) is 0 Å². The molecule has 0 aliphatic carbocycles. The summed E-state index contributed by atoms with van der Waals surface area (Å²) in [6.45, 7) is 7.27. The molecule has 2 unspecified atom stereocenters. The summed E-state index contributed by atoms with van der Waals surface area (Å²) in [5.74, 6) is -0.330. The van der Waals surface area contributed by atoms with Crippen LogP contribution in [-0.2, 0) is 14.3 Å². The molecular weight excluding hydrogens is 234 g/mol. The second kappa shape index (κ2) is 10.3. The van der Waals surface area contributed by atoms with Crippen molar-refractivity contribution in [1.82, 2.24) is 10.2 Å². The summed E-state index contributed by atoms with van der Waals surface area (Å²) in [4.78, 5) is 13.5. The fourth-order valence-corrected chi connectivity index (χ4v) is 1.78. The summed E-state index contributed by atoms with van der Waals surface area (Å²) < 4.78 is 10.2. The van der Waals surface area contributed by atoms with Crippen molar-refractivity contribution in [3.8, 4) is 0 Å². The molecule has 6 nitrogen and oxygen atoms in total. The van der Waals surface area contributed by atoms with E-state index in [1.807, 2.05) is 6.92 Å². The van der Waals surface area contributed by atoms with Crippen LogP contribution in [0.5, 0.6) is 0 Å². The Balaban J connectivity index is 4.47. The van der Waals surface area contributed by atoms with Gasteiger partial charge in [0, 0.05) is 33.4 Å². The molecule has 0 fully saturated rings. The number of hydrogen-bond acceptors (Lipinski definition) is 5. The number of nitrogens with two attached hydrogens (primary N) is 1. The molecule has 0 aromatic rings. The van der Waals surface area contributed by atoms with Crippen LogP contribution in [0.25, 0.3) is 0 Å². The van der Waals surface area contributed by atoms with Crippen molar-refractivity contribution >= 4 is 5.91 Å². The number of carbonyl (C=O) groups is 1. The van der Waals surface area contributed by atoms with Gasteiger partial charge in [0.15, 0.2) is 0 Å². The highest BCUT2D eigenvalue weighted by Crippen LogP contribution is 2.02. The number of likely N-dealkylation sites (N-methyl/N-ethyl adjacent to an activating group) is 1. The van der Waals surface area contributed by atoms with Crippen molar-refractivity contribution < 1.29 is 14.3 Å². The highest BCUT2D eigenvalue weighted by atomic mass is 16.5. The average molecular weight is 261 g/mol. The van der Waals surface area contributed by atoms with Crippen molar-refractivity contribution in [1.29, 1.82) is 0 Å². The minimum absolute atomic E-state index is 0.214. The molecule has 0 aliphatic rings. The Kier molecular flexibility index (Phi) is 9.86. The van der Waals surface area contributed by atoms with Crippen molar-refractivity contribution in [2.24, 2.45) is 5.73 Å². The van der Waals surface area contributed by atoms with Crippen LogP contribution in [-0.4, -0.2) is 70.0 Å². The molecular formula is C12H27N3O3. The molecule has 3 N–H and O–H groups in total. The van der Waals surface area contributed by atoms with Gasteiger partial charge in [0.2, 0.25) is 5.91 Å². The fraction of sp³-hybridized carbons (Fsp3) is 0.917. The van der Waals surface area contributed by atoms with E-state index in [1.165, 1.54) is 0 Å². The monoisotopic (exact) mass is 261 g/mol. The first-order valence-electron chi connectivity index (χ1n) is 6.31. The maximum absolute atomic E-state index is 11.3. The SMILES string of the molecule is CCNC(CN(CCOC)C(C)COC)C(N)=O. The molecule has 0 saturated carbocycles. The molecule has 0 aliphatic heterocycles. The van der Waals surface area contributed by atoms with Gasteiger partial charge in [-0.15, -0.1) is 0 Å². The Bertz CT molecular complexity index is 227. The number of ether oxygens (including phenoxy) is 2. The van der Waals surface area contributed by atoms with Gasteiger partial charge in [-0.2, -0.15) is 0 Å². The first-order chi connectivity index (χ1) is 8.56. The third-order valence-electron chi connectivity index (χ3n) is 2.82. The zero-order valence-corrected chi connectivity index (χ0v) is 11.9. The molecule has 0 heterocycles. The predicted octanol–water partition coefficient (Wildman–Crippen LogP) is -0.567. The lowest BCUT2D eigenvalue weighted by Gasteiger charge is -2.31. The van der Waals surface area contributed by atoms with E-state index in [-0.39, 0.29) is 18.0 Å². The highest BCUT2D eigenvalue weighted by molar-refractivity contribution is 5.80. The summed E-state index contributed by atoms with van der Waals surface area (Å²) >= 11 is 0. The number of nitrogens with zero attached hydrogens (tertiary/aromatic N) is 1. The Morgan fingerprint density at radius 2 is 2.06 bits per heavy atom. The smallest absolute Gasteiger partial charge is 0.235 e. The predicted molar refractivity (Wildman–Crippen MR) is 71.4 cm³/mol. The minimum atomic E-state index is -0.342. The van der Waals surface area contributed by atoms with Crippen molar-refractivity contribution in [2.75, 3.05) is 47.1 Å². The van der Waals surface area contributed by atoms with E-state index in [9.17, 15) is 4.79 Å². The van der Waals surface area contributed by atoms with Gasteiger partial charge in [0.1, 0.15) is 0 Å². The molecule has 6 heteroatoms. The summed E-state index contributed by atoms with van der Waals surface area (Å²) in [5, 5.41) is 3.09. The molecule has 0 spiro atoms. The standard InChI is InChI=1S/C12H27N3O3/c1-5-14-11(12(13)16)8-15(6-7-17-3)10(2)9-18-4/h10-11,14H,5-9H2,1-4H3,(H2,13,16). The molecule has 0 bridgehead atoms. The van der Waals surface area contributed by atoms with Crippen LogP contribution in [0.3, 0.4) is 0 Å². The van der Waals surface area contributed by atoms with Crippen LogP contribution >= 0.6 is 0 Å². The lowest BCUT2D eigenvalue weighted by Crippen LogP contribution is -2.52. The number of nitrogens with one attached hydrogen (secondary N) is 1. The Morgan fingerprint density at radius 1 is 1.39 bits per heavy atom. The lowest BCUT2D eigenvalue weighted by atomic mass is 10.2. The average Bonchev–Trinajstić information content (AvgIpc) is 2.33. The minimum Gasteiger partial charge on any atom is -0.383 e. The second-order valence-corrected chi connectivity index (χ2v) is 4.30. The topological polar surface area (TPSA) is 76.8 Å². The van der Waals surface area contributed by atoms with Crippen LogP contribution in [0, 0.1) is 0 Å². The van der Waals surface area contributed by atoms with Gasteiger partial charge in [-0.05, 0) is 13.5 Å². The molecule has 18 heavy (non-hydrogen) atoms. The number of methoxy groups -OCH3 is 2. The number of hydrogen-bond donors (Lipinski definition) is 2. The summed E-state index contributed by atoms with van der Waals surface area (Å²) in [6, 6.07) is -0.128.